The molecule has 0 aromatic heterocycles. The van der Waals surface area contributed by atoms with Crippen LogP contribution in [0.1, 0.15) is 12.5 Å². The summed E-state index contributed by atoms with van der Waals surface area (Å²) in [6, 6.07) is 17.9. The minimum absolute atomic E-state index is 0.0763. The lowest BCUT2D eigenvalue weighted by Gasteiger charge is -2.13. The van der Waals surface area contributed by atoms with Gasteiger partial charge in [0, 0.05) is 10.7 Å². The number of carbonyl (C=O) groups excluding carboxylic acids is 1. The fourth-order valence-corrected chi connectivity index (χ4v) is 4.13. The molecule has 0 heterocycles. The Morgan fingerprint density at radius 2 is 1.69 bits per heavy atom. The quantitative estimate of drug-likeness (QED) is 0.461. The monoisotopic (exact) mass is 474 g/mol. The summed E-state index contributed by atoms with van der Waals surface area (Å²) in [6.45, 7) is 3.80. The van der Waals surface area contributed by atoms with Gasteiger partial charge in [0.2, 0.25) is 0 Å². The van der Waals surface area contributed by atoms with Gasteiger partial charge in [0.15, 0.2) is 6.61 Å². The molecule has 3 aromatic carbocycles. The second-order valence-corrected chi connectivity index (χ2v) is 8.92. The van der Waals surface area contributed by atoms with Crippen LogP contribution in [0.2, 0.25) is 5.02 Å². The Kier molecular flexibility index (Phi) is 7.61. The fraction of sp³-hybridized carbons (Fsp3) is 0.174. The van der Waals surface area contributed by atoms with Crippen molar-refractivity contribution in [2.45, 2.75) is 18.7 Å². The van der Waals surface area contributed by atoms with Crippen molar-refractivity contribution in [3.05, 3.63) is 77.3 Å². The van der Waals surface area contributed by atoms with E-state index in [1.54, 1.807) is 49.4 Å². The van der Waals surface area contributed by atoms with Gasteiger partial charge in [-0.2, -0.15) is 0 Å². The molecule has 0 aliphatic heterocycles. The lowest BCUT2D eigenvalue weighted by Crippen LogP contribution is -2.21. The minimum atomic E-state index is -3.79. The highest BCUT2D eigenvalue weighted by Gasteiger charge is 2.16. The number of halogens is 1. The second kappa shape index (κ2) is 10.4. The maximum atomic E-state index is 12.6. The number of hydrogen-bond donors (Lipinski definition) is 2. The van der Waals surface area contributed by atoms with Crippen LogP contribution in [0.25, 0.3) is 0 Å². The molecule has 0 fully saturated rings. The van der Waals surface area contributed by atoms with E-state index in [1.807, 2.05) is 13.0 Å². The highest BCUT2D eigenvalue weighted by Crippen LogP contribution is 2.25. The van der Waals surface area contributed by atoms with Crippen LogP contribution in [0.4, 0.5) is 11.4 Å². The first-order chi connectivity index (χ1) is 15.3. The van der Waals surface area contributed by atoms with Crippen molar-refractivity contribution in [3.63, 3.8) is 0 Å². The number of hydrogen-bond acceptors (Lipinski definition) is 5. The van der Waals surface area contributed by atoms with Crippen molar-refractivity contribution < 1.29 is 22.7 Å². The molecule has 3 rings (SSSR count). The van der Waals surface area contributed by atoms with Crippen molar-refractivity contribution in [1.82, 2.24) is 0 Å². The highest BCUT2D eigenvalue weighted by atomic mass is 35.5. The van der Waals surface area contributed by atoms with E-state index in [2.05, 4.69) is 10.0 Å². The Balaban J connectivity index is 1.64. The molecule has 0 aliphatic carbocycles. The summed E-state index contributed by atoms with van der Waals surface area (Å²) in [5.74, 6) is 0.614. The molecule has 2 N–H and O–H groups in total. The first-order valence-corrected chi connectivity index (χ1v) is 11.7. The number of ether oxygens (including phenoxy) is 2. The summed E-state index contributed by atoms with van der Waals surface area (Å²) in [4.78, 5) is 12.4. The van der Waals surface area contributed by atoms with Gasteiger partial charge in [-0.15, -0.1) is 0 Å². The SMILES string of the molecule is CCOc1ccccc1NC(=O)COc1ccc(S(=O)(=O)Nc2ccc(Cl)cc2)cc1C. The summed E-state index contributed by atoms with van der Waals surface area (Å²) in [5.41, 5.74) is 1.53. The number of rotatable bonds is 9. The molecule has 0 bridgehead atoms. The molecule has 7 nitrogen and oxygen atoms in total. The molecule has 0 unspecified atom stereocenters. The van der Waals surface area contributed by atoms with Gasteiger partial charge in [0.1, 0.15) is 11.5 Å². The van der Waals surface area contributed by atoms with Gasteiger partial charge >= 0.3 is 0 Å². The zero-order valence-electron chi connectivity index (χ0n) is 17.6. The smallest absolute Gasteiger partial charge is 0.262 e. The first kappa shape index (κ1) is 23.4. The number of amides is 1. The molecule has 168 valence electrons. The summed E-state index contributed by atoms with van der Waals surface area (Å²) in [5, 5.41) is 3.26. The first-order valence-electron chi connectivity index (χ1n) is 9.82. The largest absolute Gasteiger partial charge is 0.492 e. The van der Waals surface area contributed by atoms with Crippen LogP contribution >= 0.6 is 11.6 Å². The van der Waals surface area contributed by atoms with E-state index >= 15 is 0 Å². The van der Waals surface area contributed by atoms with E-state index in [0.717, 1.165) is 0 Å². The van der Waals surface area contributed by atoms with Crippen molar-refractivity contribution in [1.29, 1.82) is 0 Å². The van der Waals surface area contributed by atoms with Crippen LogP contribution in [0.3, 0.4) is 0 Å². The Bertz CT molecular complexity index is 1200. The number of benzene rings is 3. The zero-order chi connectivity index (χ0) is 23.1. The standard InChI is InChI=1S/C23H23ClN2O5S/c1-3-30-22-7-5-4-6-20(22)25-23(27)15-31-21-13-12-19(14-16(21)2)32(28,29)26-18-10-8-17(24)9-11-18/h4-14,26H,3,15H2,1-2H3,(H,25,27). The highest BCUT2D eigenvalue weighted by molar-refractivity contribution is 7.92. The van der Waals surface area contributed by atoms with Gasteiger partial charge in [-0.25, -0.2) is 8.42 Å². The maximum Gasteiger partial charge on any atom is 0.262 e. The van der Waals surface area contributed by atoms with Crippen molar-refractivity contribution in [3.8, 4) is 11.5 Å². The molecule has 0 radical (unpaired) electrons. The number of carbonyl (C=O) groups is 1. The van der Waals surface area contributed by atoms with E-state index in [-0.39, 0.29) is 17.4 Å². The topological polar surface area (TPSA) is 93.7 Å². The number of aryl methyl sites for hydroxylation is 1. The average molecular weight is 475 g/mol. The van der Waals surface area contributed by atoms with Crippen LogP contribution in [-0.4, -0.2) is 27.5 Å². The third-order valence-corrected chi connectivity index (χ3v) is 6.00. The fourth-order valence-electron chi connectivity index (χ4n) is 2.86. The number of sulfonamides is 1. The van der Waals surface area contributed by atoms with Crippen LogP contribution in [0.5, 0.6) is 11.5 Å². The lowest BCUT2D eigenvalue weighted by atomic mass is 10.2. The molecule has 3 aromatic rings. The van der Waals surface area contributed by atoms with Gasteiger partial charge < -0.3 is 14.8 Å². The third-order valence-electron chi connectivity index (χ3n) is 4.37. The van der Waals surface area contributed by atoms with E-state index < -0.39 is 10.0 Å². The van der Waals surface area contributed by atoms with E-state index in [9.17, 15) is 13.2 Å². The number of para-hydroxylation sites is 2. The molecule has 9 heteroatoms. The summed E-state index contributed by atoms with van der Waals surface area (Å²) >= 11 is 5.83. The van der Waals surface area contributed by atoms with Crippen molar-refractivity contribution >= 4 is 38.9 Å². The normalized spacial score (nSPS) is 11.0. The van der Waals surface area contributed by atoms with Crippen LogP contribution in [0.15, 0.2) is 71.6 Å². The molecule has 0 aliphatic rings. The maximum absolute atomic E-state index is 12.6. The minimum Gasteiger partial charge on any atom is -0.492 e. The zero-order valence-corrected chi connectivity index (χ0v) is 19.2. The van der Waals surface area contributed by atoms with Gasteiger partial charge in [0.25, 0.3) is 15.9 Å². The van der Waals surface area contributed by atoms with Gasteiger partial charge in [-0.1, -0.05) is 23.7 Å². The third kappa shape index (κ3) is 6.15. The molecule has 0 saturated heterocycles. The van der Waals surface area contributed by atoms with E-state index in [4.69, 9.17) is 21.1 Å². The molecular formula is C23H23ClN2O5S. The summed E-state index contributed by atoms with van der Waals surface area (Å²) in [7, 11) is -3.79. The van der Waals surface area contributed by atoms with E-state index in [1.165, 1.54) is 18.2 Å². The Morgan fingerprint density at radius 1 is 0.969 bits per heavy atom. The van der Waals surface area contributed by atoms with Crippen LogP contribution in [0, 0.1) is 6.92 Å². The van der Waals surface area contributed by atoms with Gasteiger partial charge in [-0.05, 0) is 74.0 Å². The van der Waals surface area contributed by atoms with Gasteiger partial charge in [-0.3, -0.25) is 9.52 Å². The second-order valence-electron chi connectivity index (χ2n) is 6.81. The lowest BCUT2D eigenvalue weighted by molar-refractivity contribution is -0.118. The Labute approximate surface area is 192 Å². The number of nitrogens with one attached hydrogen (secondary N) is 2. The molecule has 1 amide bonds. The molecule has 0 atom stereocenters. The predicted octanol–water partition coefficient (Wildman–Crippen LogP) is 4.87. The average Bonchev–Trinajstić information content (AvgIpc) is 2.76. The van der Waals surface area contributed by atoms with Gasteiger partial charge in [0.05, 0.1) is 17.2 Å². The molecule has 0 saturated carbocycles. The summed E-state index contributed by atoms with van der Waals surface area (Å²) < 4.78 is 38.9. The molecular weight excluding hydrogens is 452 g/mol. The van der Waals surface area contributed by atoms with Crippen LogP contribution in [-0.2, 0) is 14.8 Å². The summed E-state index contributed by atoms with van der Waals surface area (Å²) in [6.07, 6.45) is 0. The van der Waals surface area contributed by atoms with E-state index in [0.29, 0.717) is 40.1 Å². The van der Waals surface area contributed by atoms with Crippen molar-refractivity contribution in [2.75, 3.05) is 23.3 Å². The molecule has 32 heavy (non-hydrogen) atoms. The Morgan fingerprint density at radius 3 is 2.38 bits per heavy atom. The van der Waals surface area contributed by atoms with Crippen LogP contribution < -0.4 is 19.5 Å². The van der Waals surface area contributed by atoms with Crippen molar-refractivity contribution in [2.24, 2.45) is 0 Å². The number of anilines is 2. The Hall–Kier alpha value is -3.23. The molecule has 0 spiro atoms. The predicted molar refractivity (Wildman–Crippen MR) is 125 cm³/mol.